The molecule has 90 valence electrons. The van der Waals surface area contributed by atoms with E-state index in [1.165, 1.54) is 6.07 Å². The number of nitrogens with zero attached hydrogens (tertiary/aromatic N) is 1. The minimum absolute atomic E-state index is 0.120. The lowest BCUT2D eigenvalue weighted by Gasteiger charge is -2.13. The highest BCUT2D eigenvalue weighted by molar-refractivity contribution is 7.09. The Labute approximate surface area is 105 Å². The van der Waals surface area contributed by atoms with Gasteiger partial charge in [-0.2, -0.15) is 0 Å². The molecular weight excluding hydrogens is 235 g/mol. The number of nitrogens with one attached hydrogen (secondary N) is 1. The molecular formula is C13H15FN2S. The van der Waals surface area contributed by atoms with E-state index >= 15 is 0 Å². The smallest absolute Gasteiger partial charge is 0.123 e. The van der Waals surface area contributed by atoms with Gasteiger partial charge in [-0.1, -0.05) is 12.1 Å². The Kier molecular flexibility index (Phi) is 3.86. The summed E-state index contributed by atoms with van der Waals surface area (Å²) >= 11 is 1.64. The van der Waals surface area contributed by atoms with Crippen LogP contribution in [-0.2, 0) is 6.54 Å². The average Bonchev–Trinajstić information content (AvgIpc) is 2.72. The maximum Gasteiger partial charge on any atom is 0.123 e. The molecule has 0 amide bonds. The number of rotatable bonds is 4. The number of aryl methyl sites for hydroxylation is 1. The molecule has 0 aliphatic carbocycles. The normalized spacial score (nSPS) is 12.6. The van der Waals surface area contributed by atoms with Crippen LogP contribution in [0.3, 0.4) is 0 Å². The number of halogens is 1. The molecule has 2 aromatic rings. The van der Waals surface area contributed by atoms with Crippen LogP contribution in [0.4, 0.5) is 4.39 Å². The lowest BCUT2D eigenvalue weighted by Crippen LogP contribution is -2.18. The zero-order chi connectivity index (χ0) is 12.3. The summed E-state index contributed by atoms with van der Waals surface area (Å²) in [7, 11) is 0. The summed E-state index contributed by atoms with van der Waals surface area (Å²) in [5, 5.41) is 6.43. The third kappa shape index (κ3) is 3.35. The Balaban J connectivity index is 1.95. The largest absolute Gasteiger partial charge is 0.304 e. The van der Waals surface area contributed by atoms with E-state index in [1.807, 2.05) is 25.3 Å². The van der Waals surface area contributed by atoms with Crippen LogP contribution < -0.4 is 5.32 Å². The molecule has 0 fully saturated rings. The molecule has 1 heterocycles. The summed E-state index contributed by atoms with van der Waals surface area (Å²) in [4.78, 5) is 4.38. The van der Waals surface area contributed by atoms with Crippen molar-refractivity contribution in [3.8, 4) is 0 Å². The third-order valence-corrected chi connectivity index (χ3v) is 3.54. The van der Waals surface area contributed by atoms with E-state index in [0.717, 1.165) is 22.8 Å². The predicted octanol–water partition coefficient (Wildman–Crippen LogP) is 3.44. The molecule has 0 aliphatic heterocycles. The van der Waals surface area contributed by atoms with Gasteiger partial charge in [0.25, 0.3) is 0 Å². The van der Waals surface area contributed by atoms with E-state index in [2.05, 4.69) is 10.3 Å². The summed E-state index contributed by atoms with van der Waals surface area (Å²) < 4.78 is 13.1. The van der Waals surface area contributed by atoms with Gasteiger partial charge in [0.05, 0.1) is 0 Å². The van der Waals surface area contributed by atoms with Gasteiger partial charge in [-0.15, -0.1) is 11.3 Å². The molecule has 0 spiro atoms. The highest BCUT2D eigenvalue weighted by Crippen LogP contribution is 2.15. The molecule has 1 aromatic heterocycles. The molecule has 2 rings (SSSR count). The highest BCUT2D eigenvalue weighted by atomic mass is 32.1. The molecule has 4 heteroatoms. The number of hydrogen-bond acceptors (Lipinski definition) is 3. The Hall–Kier alpha value is -1.26. The fourth-order valence-electron chi connectivity index (χ4n) is 1.62. The van der Waals surface area contributed by atoms with E-state index in [0.29, 0.717) is 0 Å². The van der Waals surface area contributed by atoms with Gasteiger partial charge < -0.3 is 5.32 Å². The summed E-state index contributed by atoms with van der Waals surface area (Å²) in [6.07, 6.45) is 0. The Morgan fingerprint density at radius 3 is 2.94 bits per heavy atom. The number of benzene rings is 1. The molecule has 17 heavy (non-hydrogen) atoms. The number of aromatic nitrogens is 1. The molecule has 1 N–H and O–H groups in total. The van der Waals surface area contributed by atoms with Crippen LogP contribution in [0, 0.1) is 12.7 Å². The molecule has 2 nitrogen and oxygen atoms in total. The van der Waals surface area contributed by atoms with Gasteiger partial charge in [0.2, 0.25) is 0 Å². The number of thiazole rings is 1. The van der Waals surface area contributed by atoms with Crippen LogP contribution in [0.2, 0.25) is 0 Å². The summed E-state index contributed by atoms with van der Waals surface area (Å²) in [5.41, 5.74) is 2.00. The maximum absolute atomic E-state index is 13.1. The van der Waals surface area contributed by atoms with E-state index in [-0.39, 0.29) is 11.9 Å². The molecule has 1 atom stereocenters. The summed E-state index contributed by atoms with van der Waals surface area (Å²) in [6.45, 7) is 4.72. The molecule has 0 bridgehead atoms. The van der Waals surface area contributed by atoms with Crippen molar-refractivity contribution in [2.24, 2.45) is 0 Å². The first-order chi connectivity index (χ1) is 8.15. The number of hydrogen-bond donors (Lipinski definition) is 1. The maximum atomic E-state index is 13.1. The third-order valence-electron chi connectivity index (χ3n) is 2.57. The highest BCUT2D eigenvalue weighted by Gasteiger charge is 2.06. The molecule has 0 unspecified atom stereocenters. The van der Waals surface area contributed by atoms with Crippen molar-refractivity contribution >= 4 is 11.3 Å². The fourth-order valence-corrected chi connectivity index (χ4v) is 2.34. The predicted molar refractivity (Wildman–Crippen MR) is 68.5 cm³/mol. The van der Waals surface area contributed by atoms with Crippen LogP contribution in [0.1, 0.15) is 29.2 Å². The first-order valence-electron chi connectivity index (χ1n) is 5.55. The van der Waals surface area contributed by atoms with Crippen LogP contribution in [0.5, 0.6) is 0 Å². The van der Waals surface area contributed by atoms with E-state index < -0.39 is 0 Å². The second kappa shape index (κ2) is 5.38. The Morgan fingerprint density at radius 2 is 2.29 bits per heavy atom. The van der Waals surface area contributed by atoms with Crippen LogP contribution in [-0.4, -0.2) is 4.98 Å². The van der Waals surface area contributed by atoms with Gasteiger partial charge in [-0.25, -0.2) is 9.37 Å². The average molecular weight is 250 g/mol. The summed E-state index contributed by atoms with van der Waals surface area (Å²) in [5.74, 6) is -0.193. The van der Waals surface area contributed by atoms with E-state index in [4.69, 9.17) is 0 Å². The van der Waals surface area contributed by atoms with Gasteiger partial charge in [-0.05, 0) is 31.5 Å². The monoisotopic (exact) mass is 250 g/mol. The zero-order valence-corrected chi connectivity index (χ0v) is 10.7. The van der Waals surface area contributed by atoms with Crippen molar-refractivity contribution in [1.29, 1.82) is 0 Å². The first kappa shape index (κ1) is 12.2. The Bertz CT molecular complexity index is 496. The molecule has 1 aromatic carbocycles. The van der Waals surface area contributed by atoms with Crippen LogP contribution >= 0.6 is 11.3 Å². The van der Waals surface area contributed by atoms with Gasteiger partial charge in [0.15, 0.2) is 0 Å². The second-order valence-electron chi connectivity index (χ2n) is 4.04. The molecule has 0 saturated carbocycles. The first-order valence-corrected chi connectivity index (χ1v) is 6.43. The van der Waals surface area contributed by atoms with Gasteiger partial charge in [0.1, 0.15) is 10.8 Å². The van der Waals surface area contributed by atoms with E-state index in [1.54, 1.807) is 23.5 Å². The van der Waals surface area contributed by atoms with Crippen molar-refractivity contribution in [3.05, 3.63) is 51.7 Å². The molecule has 0 aliphatic rings. The minimum atomic E-state index is -0.193. The minimum Gasteiger partial charge on any atom is -0.304 e. The van der Waals surface area contributed by atoms with Gasteiger partial charge in [0, 0.05) is 23.7 Å². The SMILES string of the molecule is Cc1csc(CN[C@H](C)c2cccc(F)c2)n1. The van der Waals surface area contributed by atoms with Crippen molar-refractivity contribution in [1.82, 2.24) is 10.3 Å². The zero-order valence-electron chi connectivity index (χ0n) is 9.90. The van der Waals surface area contributed by atoms with Crippen LogP contribution in [0.15, 0.2) is 29.6 Å². The lowest BCUT2D eigenvalue weighted by molar-refractivity contribution is 0.563. The fraction of sp³-hybridized carbons (Fsp3) is 0.308. The quantitative estimate of drug-likeness (QED) is 0.899. The van der Waals surface area contributed by atoms with Gasteiger partial charge >= 0.3 is 0 Å². The summed E-state index contributed by atoms with van der Waals surface area (Å²) in [6, 6.07) is 6.80. The molecule has 0 radical (unpaired) electrons. The van der Waals surface area contributed by atoms with Crippen molar-refractivity contribution in [2.45, 2.75) is 26.4 Å². The van der Waals surface area contributed by atoms with Crippen molar-refractivity contribution < 1.29 is 4.39 Å². The Morgan fingerprint density at radius 1 is 1.47 bits per heavy atom. The van der Waals surface area contributed by atoms with Gasteiger partial charge in [-0.3, -0.25) is 0 Å². The standard InChI is InChI=1S/C13H15FN2S/c1-9-8-17-13(16-9)7-15-10(2)11-4-3-5-12(14)6-11/h3-6,8,10,15H,7H2,1-2H3/t10-/m1/s1. The van der Waals surface area contributed by atoms with Crippen molar-refractivity contribution in [2.75, 3.05) is 0 Å². The topological polar surface area (TPSA) is 24.9 Å². The molecule has 0 saturated heterocycles. The van der Waals surface area contributed by atoms with Crippen molar-refractivity contribution in [3.63, 3.8) is 0 Å². The lowest BCUT2D eigenvalue weighted by atomic mass is 10.1. The van der Waals surface area contributed by atoms with E-state index in [9.17, 15) is 4.39 Å². The second-order valence-corrected chi connectivity index (χ2v) is 4.98. The van der Waals surface area contributed by atoms with Crippen LogP contribution in [0.25, 0.3) is 0 Å².